The molecule has 0 aromatic carbocycles. The average molecular weight is 265 g/mol. The van der Waals surface area contributed by atoms with Gasteiger partial charge in [-0.2, -0.15) is 16.4 Å². The van der Waals surface area contributed by atoms with Gasteiger partial charge >= 0.3 is 0 Å². The second-order valence-electron chi connectivity index (χ2n) is 4.58. The maximum atomic E-state index is 9.90. The molecule has 2 aromatic rings. The Morgan fingerprint density at radius 1 is 1.44 bits per heavy atom. The summed E-state index contributed by atoms with van der Waals surface area (Å²) in [6, 6.07) is 4.34. The van der Waals surface area contributed by atoms with Gasteiger partial charge in [-0.05, 0) is 42.3 Å². The summed E-state index contributed by atoms with van der Waals surface area (Å²) in [5.74, 6) is 0. The van der Waals surface area contributed by atoms with Gasteiger partial charge in [-0.1, -0.05) is 0 Å². The van der Waals surface area contributed by atoms with E-state index in [4.69, 9.17) is 0 Å². The zero-order chi connectivity index (χ0) is 13.0. The molecule has 0 aliphatic heterocycles. The normalized spacial score (nSPS) is 13.1. The van der Waals surface area contributed by atoms with E-state index in [0.29, 0.717) is 19.1 Å². The van der Waals surface area contributed by atoms with Gasteiger partial charge < -0.3 is 10.4 Å². The smallest absolute Gasteiger partial charge is 0.0922 e. The first-order chi connectivity index (χ1) is 8.66. The van der Waals surface area contributed by atoms with Gasteiger partial charge in [0.2, 0.25) is 0 Å². The van der Waals surface area contributed by atoms with Crippen molar-refractivity contribution in [2.75, 3.05) is 6.54 Å². The summed E-state index contributed by atoms with van der Waals surface area (Å²) in [7, 11) is 0. The molecule has 2 aromatic heterocycles. The molecule has 2 rings (SSSR count). The summed E-state index contributed by atoms with van der Waals surface area (Å²) in [4.78, 5) is 0. The minimum Gasteiger partial charge on any atom is -0.387 e. The van der Waals surface area contributed by atoms with E-state index in [2.05, 4.69) is 24.3 Å². The highest BCUT2D eigenvalue weighted by atomic mass is 32.1. The van der Waals surface area contributed by atoms with E-state index >= 15 is 0 Å². The standard InChI is InChI=1S/C13H19N3OS/c1-10(2)16-5-3-12(15-16)7-14-8-13(17)11-4-6-18-9-11/h3-6,9-10,13-14,17H,7-8H2,1-2H3. The van der Waals surface area contributed by atoms with Crippen molar-refractivity contribution < 1.29 is 5.11 Å². The third kappa shape index (κ3) is 3.41. The third-order valence-corrected chi connectivity index (χ3v) is 3.47. The molecule has 0 saturated carbocycles. The molecule has 0 bridgehead atoms. The summed E-state index contributed by atoms with van der Waals surface area (Å²) >= 11 is 1.60. The SMILES string of the molecule is CC(C)n1ccc(CNCC(O)c2ccsc2)n1. The molecule has 98 valence electrons. The van der Waals surface area contributed by atoms with Crippen molar-refractivity contribution in [3.05, 3.63) is 40.3 Å². The molecule has 1 atom stereocenters. The first kappa shape index (κ1) is 13.3. The number of aromatic nitrogens is 2. The molecular formula is C13H19N3OS. The maximum absolute atomic E-state index is 9.90. The lowest BCUT2D eigenvalue weighted by Crippen LogP contribution is -2.21. The van der Waals surface area contributed by atoms with E-state index in [-0.39, 0.29) is 0 Å². The molecule has 0 saturated heterocycles. The Hall–Kier alpha value is -1.17. The zero-order valence-electron chi connectivity index (χ0n) is 10.7. The van der Waals surface area contributed by atoms with Crippen molar-refractivity contribution in [3.63, 3.8) is 0 Å². The summed E-state index contributed by atoms with van der Waals surface area (Å²) in [5.41, 5.74) is 1.97. The van der Waals surface area contributed by atoms with Gasteiger partial charge in [0.25, 0.3) is 0 Å². The van der Waals surface area contributed by atoms with Crippen LogP contribution in [0.5, 0.6) is 0 Å². The highest BCUT2D eigenvalue weighted by molar-refractivity contribution is 7.07. The number of hydrogen-bond donors (Lipinski definition) is 2. The van der Waals surface area contributed by atoms with E-state index < -0.39 is 6.10 Å². The largest absolute Gasteiger partial charge is 0.387 e. The Morgan fingerprint density at radius 2 is 2.28 bits per heavy atom. The number of nitrogens with zero attached hydrogens (tertiary/aromatic N) is 2. The number of thiophene rings is 1. The predicted molar refractivity (Wildman–Crippen MR) is 73.6 cm³/mol. The Bertz CT molecular complexity index is 464. The van der Waals surface area contributed by atoms with E-state index in [0.717, 1.165) is 11.3 Å². The second-order valence-corrected chi connectivity index (χ2v) is 5.36. The van der Waals surface area contributed by atoms with E-state index in [9.17, 15) is 5.11 Å². The minimum atomic E-state index is -0.441. The van der Waals surface area contributed by atoms with Crippen molar-refractivity contribution in [1.82, 2.24) is 15.1 Å². The van der Waals surface area contributed by atoms with Crippen LogP contribution in [0.2, 0.25) is 0 Å². The fourth-order valence-corrected chi connectivity index (χ4v) is 2.39. The van der Waals surface area contributed by atoms with Crippen LogP contribution in [0.4, 0.5) is 0 Å². The van der Waals surface area contributed by atoms with Gasteiger partial charge in [-0.15, -0.1) is 0 Å². The van der Waals surface area contributed by atoms with Crippen LogP contribution in [0.25, 0.3) is 0 Å². The van der Waals surface area contributed by atoms with Crippen molar-refractivity contribution in [2.24, 2.45) is 0 Å². The van der Waals surface area contributed by atoms with Gasteiger partial charge in [0.15, 0.2) is 0 Å². The van der Waals surface area contributed by atoms with Crippen LogP contribution in [-0.4, -0.2) is 21.4 Å². The third-order valence-electron chi connectivity index (χ3n) is 2.76. The van der Waals surface area contributed by atoms with Crippen molar-refractivity contribution >= 4 is 11.3 Å². The maximum Gasteiger partial charge on any atom is 0.0922 e. The monoisotopic (exact) mass is 265 g/mol. The van der Waals surface area contributed by atoms with Crippen LogP contribution in [0.3, 0.4) is 0 Å². The first-order valence-corrected chi connectivity index (χ1v) is 7.06. The van der Waals surface area contributed by atoms with Gasteiger partial charge in [0.05, 0.1) is 11.8 Å². The lowest BCUT2D eigenvalue weighted by Gasteiger charge is -2.09. The minimum absolute atomic E-state index is 0.384. The summed E-state index contributed by atoms with van der Waals surface area (Å²) < 4.78 is 1.94. The fraction of sp³-hybridized carbons (Fsp3) is 0.462. The molecule has 2 heterocycles. The molecule has 0 aliphatic carbocycles. The number of rotatable bonds is 6. The van der Waals surface area contributed by atoms with Crippen molar-refractivity contribution in [1.29, 1.82) is 0 Å². The summed E-state index contributed by atoms with van der Waals surface area (Å²) in [6.07, 6.45) is 1.54. The Balaban J connectivity index is 1.78. The topological polar surface area (TPSA) is 50.1 Å². The quantitative estimate of drug-likeness (QED) is 0.843. The van der Waals surface area contributed by atoms with Gasteiger partial charge in [0.1, 0.15) is 0 Å². The van der Waals surface area contributed by atoms with Crippen molar-refractivity contribution in [3.8, 4) is 0 Å². The number of aliphatic hydroxyl groups is 1. The molecule has 0 fully saturated rings. The molecule has 0 radical (unpaired) electrons. The van der Waals surface area contributed by atoms with Crippen LogP contribution in [0.1, 0.15) is 37.3 Å². The van der Waals surface area contributed by atoms with E-state index in [1.807, 2.05) is 33.8 Å². The average Bonchev–Trinajstić information content (AvgIpc) is 3.00. The molecule has 18 heavy (non-hydrogen) atoms. The number of hydrogen-bond acceptors (Lipinski definition) is 4. The van der Waals surface area contributed by atoms with Crippen molar-refractivity contribution in [2.45, 2.75) is 32.5 Å². The van der Waals surface area contributed by atoms with Crippen LogP contribution < -0.4 is 5.32 Å². The first-order valence-electron chi connectivity index (χ1n) is 6.11. The number of aliphatic hydroxyl groups excluding tert-OH is 1. The molecule has 0 aliphatic rings. The highest BCUT2D eigenvalue weighted by Gasteiger charge is 2.07. The summed E-state index contributed by atoms with van der Waals surface area (Å²) in [5, 5.41) is 21.5. The molecular weight excluding hydrogens is 246 g/mol. The van der Waals surface area contributed by atoms with E-state index in [1.165, 1.54) is 0 Å². The molecule has 1 unspecified atom stereocenters. The molecule has 4 nitrogen and oxygen atoms in total. The van der Waals surface area contributed by atoms with Gasteiger partial charge in [-0.3, -0.25) is 4.68 Å². The molecule has 2 N–H and O–H groups in total. The van der Waals surface area contributed by atoms with Crippen LogP contribution in [0.15, 0.2) is 29.1 Å². The Labute approximate surface area is 111 Å². The molecule has 5 heteroatoms. The Kier molecular flexibility index (Phi) is 4.52. The molecule has 0 spiro atoms. The zero-order valence-corrected chi connectivity index (χ0v) is 11.5. The van der Waals surface area contributed by atoms with E-state index in [1.54, 1.807) is 11.3 Å². The highest BCUT2D eigenvalue weighted by Crippen LogP contribution is 2.15. The lowest BCUT2D eigenvalue weighted by molar-refractivity contribution is 0.174. The lowest BCUT2D eigenvalue weighted by atomic mass is 10.2. The van der Waals surface area contributed by atoms with Crippen LogP contribution >= 0.6 is 11.3 Å². The van der Waals surface area contributed by atoms with Gasteiger partial charge in [0, 0.05) is 25.3 Å². The van der Waals surface area contributed by atoms with Crippen LogP contribution in [0, 0.1) is 0 Å². The fourth-order valence-electron chi connectivity index (χ4n) is 1.68. The predicted octanol–water partition coefficient (Wildman–Crippen LogP) is 2.35. The van der Waals surface area contributed by atoms with Gasteiger partial charge in [-0.25, -0.2) is 0 Å². The number of nitrogens with one attached hydrogen (secondary N) is 1. The summed E-state index contributed by atoms with van der Waals surface area (Å²) in [6.45, 7) is 5.43. The Morgan fingerprint density at radius 3 is 2.89 bits per heavy atom. The second kappa shape index (κ2) is 6.13. The molecule has 0 amide bonds. The van der Waals surface area contributed by atoms with Crippen LogP contribution in [-0.2, 0) is 6.54 Å².